The van der Waals surface area contributed by atoms with E-state index in [4.69, 9.17) is 12.0 Å². The van der Waals surface area contributed by atoms with Gasteiger partial charge in [-0.15, -0.1) is 12.3 Å². The molecule has 0 bridgehead atoms. The van der Waals surface area contributed by atoms with Crippen molar-refractivity contribution in [2.24, 2.45) is 5.11 Å². The molecule has 3 aromatic carbocycles. The first-order valence-corrected chi connectivity index (χ1v) is 10.8. The number of hydrogen-bond acceptors (Lipinski definition) is 3. The Kier molecular flexibility index (Phi) is 11.4. The maximum atomic E-state index is 6.56. The highest BCUT2D eigenvalue weighted by Gasteiger charge is 2.13. The Labute approximate surface area is 196 Å². The largest absolute Gasteiger partial charge is 0.350 e. The number of quaternary nitrogens is 1. The summed E-state index contributed by atoms with van der Waals surface area (Å²) in [6.45, 7) is 3.73. The van der Waals surface area contributed by atoms with E-state index in [1.165, 1.54) is 11.1 Å². The SMILES string of the molecule is C#CCNCC(c1ccccc1)c1ccccc1.CC#Cc1ccc(C([NH3+])CN=[N+]=N)cc1. The molecule has 0 spiro atoms. The molecule has 1 unspecified atom stereocenters. The molecule has 5 nitrogen and oxygen atoms in total. The second kappa shape index (κ2) is 14.9. The van der Waals surface area contributed by atoms with Gasteiger partial charge in [0.2, 0.25) is 4.91 Å². The van der Waals surface area contributed by atoms with E-state index in [9.17, 15) is 0 Å². The third-order valence-electron chi connectivity index (χ3n) is 5.00. The summed E-state index contributed by atoms with van der Waals surface area (Å²) in [5.74, 6) is 8.78. The fraction of sp³-hybridized carbons (Fsp3) is 0.214. The third-order valence-corrected chi connectivity index (χ3v) is 5.00. The number of nitrogens with one attached hydrogen (secondary N) is 2. The Hall–Kier alpha value is -3.99. The number of hydrogen-bond donors (Lipinski definition) is 3. The fourth-order valence-electron chi connectivity index (χ4n) is 3.32. The van der Waals surface area contributed by atoms with E-state index in [1.54, 1.807) is 0 Å². The monoisotopic (exact) mass is 437 g/mol. The van der Waals surface area contributed by atoms with Gasteiger partial charge >= 0.3 is 0 Å². The molecule has 0 aliphatic rings. The van der Waals surface area contributed by atoms with Crippen molar-refractivity contribution in [1.29, 1.82) is 5.53 Å². The summed E-state index contributed by atoms with van der Waals surface area (Å²) in [7, 11) is 0. The summed E-state index contributed by atoms with van der Waals surface area (Å²) in [4.78, 5) is 2.96. The van der Waals surface area contributed by atoms with Gasteiger partial charge in [0.15, 0.2) is 6.54 Å². The normalized spacial score (nSPS) is 10.5. The van der Waals surface area contributed by atoms with Crippen molar-refractivity contribution in [2.45, 2.75) is 18.9 Å². The number of nitrogens with zero attached hydrogens (tertiary/aromatic N) is 2. The summed E-state index contributed by atoms with van der Waals surface area (Å²) in [6, 6.07) is 29.0. The summed E-state index contributed by atoms with van der Waals surface area (Å²) in [6.07, 6.45) is 5.28. The number of rotatable bonds is 8. The van der Waals surface area contributed by atoms with Crippen LogP contribution in [-0.2, 0) is 0 Å². The molecule has 33 heavy (non-hydrogen) atoms. The van der Waals surface area contributed by atoms with Crippen LogP contribution in [0.15, 0.2) is 90.0 Å². The zero-order valence-electron chi connectivity index (χ0n) is 19.0. The van der Waals surface area contributed by atoms with Crippen LogP contribution >= 0.6 is 0 Å². The molecule has 5 heteroatoms. The van der Waals surface area contributed by atoms with Crippen molar-refractivity contribution in [1.82, 2.24) is 10.2 Å². The van der Waals surface area contributed by atoms with Gasteiger partial charge < -0.3 is 11.1 Å². The zero-order chi connectivity index (χ0) is 23.7. The quantitative estimate of drug-likeness (QED) is 0.212. The molecule has 0 aromatic heterocycles. The molecule has 0 amide bonds. The van der Waals surface area contributed by atoms with Gasteiger partial charge in [0.25, 0.3) is 0 Å². The highest BCUT2D eigenvalue weighted by atomic mass is 15.1. The Morgan fingerprint density at radius 2 is 1.52 bits per heavy atom. The Balaban J connectivity index is 0.000000238. The molecule has 0 aliphatic heterocycles. The molecule has 0 radical (unpaired) electrons. The average molecular weight is 438 g/mol. The van der Waals surface area contributed by atoms with Crippen LogP contribution in [0.3, 0.4) is 0 Å². The Bertz CT molecular complexity index is 1060. The molecule has 3 aromatic rings. The molecule has 0 fully saturated rings. The lowest BCUT2D eigenvalue weighted by Gasteiger charge is -2.18. The molecule has 0 saturated heterocycles. The van der Waals surface area contributed by atoms with Gasteiger partial charge in [-0.2, -0.15) is 0 Å². The molecule has 5 N–H and O–H groups in total. The van der Waals surface area contributed by atoms with Gasteiger partial charge in [-0.05, 0) is 30.2 Å². The van der Waals surface area contributed by atoms with Crippen LogP contribution in [0.4, 0.5) is 0 Å². The first kappa shape index (κ1) is 25.3. The third kappa shape index (κ3) is 8.95. The highest BCUT2D eigenvalue weighted by molar-refractivity contribution is 5.36. The van der Waals surface area contributed by atoms with Crippen molar-refractivity contribution in [3.63, 3.8) is 0 Å². The highest BCUT2D eigenvalue weighted by Crippen LogP contribution is 2.23. The molecule has 1 atom stereocenters. The van der Waals surface area contributed by atoms with Gasteiger partial charge in [-0.25, -0.2) is 0 Å². The molecule has 166 valence electrons. The van der Waals surface area contributed by atoms with E-state index in [0.717, 1.165) is 17.7 Å². The van der Waals surface area contributed by atoms with Crippen molar-refractivity contribution in [3.05, 3.63) is 107 Å². The van der Waals surface area contributed by atoms with Gasteiger partial charge in [0, 0.05) is 23.6 Å². The smallest absolute Gasteiger partial charge is 0.214 e. The van der Waals surface area contributed by atoms with Crippen molar-refractivity contribution in [3.8, 4) is 24.2 Å². The standard InChI is InChI=1S/C17H17N.C11H13N4/c1-2-13-18-14-17(15-9-5-3-6-10-15)16-11-7-4-8-12-16;1-2-3-9-4-6-10(7-5-9)11(12)8-14-15-13/h1,3-12,17-18H,13-14H2;4-7,11,13H,8,12H2,1H3/q;+1/p+1. The lowest BCUT2D eigenvalue weighted by molar-refractivity contribution is -0.422. The van der Waals surface area contributed by atoms with E-state index in [0.29, 0.717) is 19.0 Å². The Morgan fingerprint density at radius 1 is 0.939 bits per heavy atom. The van der Waals surface area contributed by atoms with Gasteiger partial charge in [0.05, 0.1) is 6.54 Å². The van der Waals surface area contributed by atoms with Crippen LogP contribution in [0, 0.1) is 29.7 Å². The van der Waals surface area contributed by atoms with Crippen LogP contribution in [0.1, 0.15) is 41.1 Å². The minimum Gasteiger partial charge on any atom is -0.350 e. The maximum Gasteiger partial charge on any atom is 0.214 e. The molecular weight excluding hydrogens is 406 g/mol. The molecular formula is C28H31N5+2. The average Bonchev–Trinajstić information content (AvgIpc) is 2.87. The van der Waals surface area contributed by atoms with E-state index < -0.39 is 0 Å². The zero-order valence-corrected chi connectivity index (χ0v) is 19.0. The fourth-order valence-corrected chi connectivity index (χ4v) is 3.32. The van der Waals surface area contributed by atoms with Gasteiger partial charge in [-0.3, -0.25) is 0 Å². The summed E-state index contributed by atoms with van der Waals surface area (Å²) in [5.41, 5.74) is 15.2. The van der Waals surface area contributed by atoms with Crippen LogP contribution in [0.25, 0.3) is 0 Å². The summed E-state index contributed by atoms with van der Waals surface area (Å²) >= 11 is 0. The Morgan fingerprint density at radius 3 is 2.00 bits per heavy atom. The minimum absolute atomic E-state index is 0.0442. The van der Waals surface area contributed by atoms with E-state index >= 15 is 0 Å². The number of benzene rings is 3. The van der Waals surface area contributed by atoms with Crippen molar-refractivity contribution < 1.29 is 5.73 Å². The van der Waals surface area contributed by atoms with Crippen LogP contribution in [0.2, 0.25) is 0 Å². The van der Waals surface area contributed by atoms with Gasteiger partial charge in [-0.1, -0.05) is 84.6 Å². The topological polar surface area (TPSA) is 90.0 Å². The minimum atomic E-state index is 0.0442. The first-order chi connectivity index (χ1) is 16.2. The second-order valence-corrected chi connectivity index (χ2v) is 7.33. The van der Waals surface area contributed by atoms with E-state index in [-0.39, 0.29) is 6.04 Å². The first-order valence-electron chi connectivity index (χ1n) is 10.8. The van der Waals surface area contributed by atoms with Crippen molar-refractivity contribution >= 4 is 0 Å². The van der Waals surface area contributed by atoms with Crippen LogP contribution in [-0.4, -0.2) is 19.6 Å². The summed E-state index contributed by atoms with van der Waals surface area (Å²) in [5, 5.41) is 6.90. The number of terminal acetylenes is 1. The van der Waals surface area contributed by atoms with E-state index in [2.05, 4.69) is 87.4 Å². The van der Waals surface area contributed by atoms with E-state index in [1.807, 2.05) is 43.3 Å². The predicted octanol–water partition coefficient (Wildman–Crippen LogP) is 3.93. The lowest BCUT2D eigenvalue weighted by atomic mass is 9.91. The molecule has 0 saturated carbocycles. The second-order valence-electron chi connectivity index (χ2n) is 7.33. The maximum absolute atomic E-state index is 6.56. The van der Waals surface area contributed by atoms with Crippen LogP contribution in [0.5, 0.6) is 0 Å². The summed E-state index contributed by atoms with van der Waals surface area (Å²) < 4.78 is 0. The van der Waals surface area contributed by atoms with Gasteiger partial charge in [0.1, 0.15) is 16.7 Å². The van der Waals surface area contributed by atoms with Crippen LogP contribution < -0.4 is 16.0 Å². The van der Waals surface area contributed by atoms with Crippen molar-refractivity contribution in [2.75, 3.05) is 19.6 Å². The molecule has 0 aliphatic carbocycles. The molecule has 3 rings (SSSR count). The predicted molar refractivity (Wildman–Crippen MR) is 133 cm³/mol. The molecule has 0 heterocycles. The lowest BCUT2D eigenvalue weighted by Crippen LogP contribution is -2.55.